The van der Waals surface area contributed by atoms with Crippen LogP contribution in [0.4, 0.5) is 0 Å². The molecule has 0 fully saturated rings. The Morgan fingerprint density at radius 1 is 1.15 bits per heavy atom. The van der Waals surface area contributed by atoms with Crippen molar-refractivity contribution in [1.29, 1.82) is 0 Å². The summed E-state index contributed by atoms with van der Waals surface area (Å²) in [6.45, 7) is 2.56. The molecular weight excluding hydrogens is 344 g/mol. The van der Waals surface area contributed by atoms with Gasteiger partial charge in [0.1, 0.15) is 0 Å². The van der Waals surface area contributed by atoms with Crippen LogP contribution in [0.15, 0.2) is 36.7 Å². The van der Waals surface area contributed by atoms with Gasteiger partial charge in [-0.3, -0.25) is 4.79 Å². The standard InChI is InChI=1S/C20H24N4O3/c1-14-9-19-22-12-16(13-24(19)23-14)5-4-8-21-20(25)11-15-6-7-17(26-2)18(10-15)27-3/h6-7,9-10,12-13H,4-5,8,11H2,1-3H3,(H,21,25). The van der Waals surface area contributed by atoms with E-state index in [-0.39, 0.29) is 5.91 Å². The van der Waals surface area contributed by atoms with Gasteiger partial charge in [-0.05, 0) is 43.0 Å². The van der Waals surface area contributed by atoms with Crippen molar-refractivity contribution >= 4 is 11.6 Å². The van der Waals surface area contributed by atoms with Crippen molar-refractivity contribution in [2.75, 3.05) is 20.8 Å². The Labute approximate surface area is 158 Å². The maximum Gasteiger partial charge on any atom is 0.224 e. The molecule has 0 aliphatic rings. The highest BCUT2D eigenvalue weighted by molar-refractivity contribution is 5.78. The summed E-state index contributed by atoms with van der Waals surface area (Å²) in [7, 11) is 3.17. The molecule has 2 aromatic heterocycles. The van der Waals surface area contributed by atoms with Crippen LogP contribution in [0.1, 0.15) is 23.2 Å². The van der Waals surface area contributed by atoms with Gasteiger partial charge in [-0.25, -0.2) is 9.50 Å². The summed E-state index contributed by atoms with van der Waals surface area (Å²) in [5, 5.41) is 7.32. The highest BCUT2D eigenvalue weighted by Gasteiger charge is 2.08. The second-order valence-corrected chi connectivity index (χ2v) is 6.37. The maximum absolute atomic E-state index is 12.1. The van der Waals surface area contributed by atoms with Crippen LogP contribution in [0.5, 0.6) is 11.5 Å². The van der Waals surface area contributed by atoms with Crippen molar-refractivity contribution < 1.29 is 14.3 Å². The number of rotatable bonds is 8. The SMILES string of the molecule is COc1ccc(CC(=O)NCCCc2cnc3cc(C)nn3c2)cc1OC. The van der Waals surface area contributed by atoms with Gasteiger partial charge in [0.25, 0.3) is 0 Å². The van der Waals surface area contributed by atoms with E-state index in [1.165, 1.54) is 0 Å². The largest absolute Gasteiger partial charge is 0.493 e. The number of amides is 1. The molecule has 0 spiro atoms. The smallest absolute Gasteiger partial charge is 0.224 e. The molecule has 0 saturated heterocycles. The van der Waals surface area contributed by atoms with E-state index in [4.69, 9.17) is 9.47 Å². The Hall–Kier alpha value is -3.09. The Morgan fingerprint density at radius 2 is 1.96 bits per heavy atom. The summed E-state index contributed by atoms with van der Waals surface area (Å²) in [4.78, 5) is 16.5. The van der Waals surface area contributed by atoms with E-state index in [0.717, 1.165) is 35.3 Å². The number of ether oxygens (including phenoxy) is 2. The average Bonchev–Trinajstić information content (AvgIpc) is 3.04. The van der Waals surface area contributed by atoms with E-state index in [1.807, 2.05) is 43.6 Å². The number of aryl methyl sites for hydroxylation is 2. The number of hydrogen-bond acceptors (Lipinski definition) is 5. The van der Waals surface area contributed by atoms with Crippen molar-refractivity contribution in [3.8, 4) is 11.5 Å². The van der Waals surface area contributed by atoms with Gasteiger partial charge in [0, 0.05) is 25.0 Å². The Kier molecular flexibility index (Phi) is 5.90. The molecule has 7 nitrogen and oxygen atoms in total. The van der Waals surface area contributed by atoms with Gasteiger partial charge in [-0.2, -0.15) is 5.10 Å². The van der Waals surface area contributed by atoms with E-state index in [0.29, 0.717) is 24.5 Å². The molecule has 3 aromatic rings. The molecule has 142 valence electrons. The lowest BCUT2D eigenvalue weighted by Gasteiger charge is -2.10. The summed E-state index contributed by atoms with van der Waals surface area (Å²) in [5.41, 5.74) is 3.77. The van der Waals surface area contributed by atoms with E-state index in [1.54, 1.807) is 18.7 Å². The number of carbonyl (C=O) groups excluding carboxylic acids is 1. The Morgan fingerprint density at radius 3 is 2.74 bits per heavy atom. The number of benzene rings is 1. The average molecular weight is 368 g/mol. The molecule has 27 heavy (non-hydrogen) atoms. The summed E-state index contributed by atoms with van der Waals surface area (Å²) >= 11 is 0. The van der Waals surface area contributed by atoms with E-state index < -0.39 is 0 Å². The van der Waals surface area contributed by atoms with Crippen LogP contribution in [0, 0.1) is 6.92 Å². The molecule has 0 saturated carbocycles. The first-order chi connectivity index (χ1) is 13.1. The van der Waals surface area contributed by atoms with Crippen LogP contribution < -0.4 is 14.8 Å². The molecule has 0 bridgehead atoms. The lowest BCUT2D eigenvalue weighted by atomic mass is 10.1. The molecule has 1 N–H and O–H groups in total. The zero-order valence-corrected chi connectivity index (χ0v) is 15.9. The van der Waals surface area contributed by atoms with E-state index in [9.17, 15) is 4.79 Å². The minimum absolute atomic E-state index is 0.0153. The molecule has 7 heteroatoms. The van der Waals surface area contributed by atoms with Crippen molar-refractivity contribution in [3.63, 3.8) is 0 Å². The van der Waals surface area contributed by atoms with Gasteiger partial charge < -0.3 is 14.8 Å². The third-order valence-corrected chi connectivity index (χ3v) is 4.27. The van der Waals surface area contributed by atoms with Crippen LogP contribution in [-0.4, -0.2) is 41.3 Å². The number of aromatic nitrogens is 3. The number of nitrogens with one attached hydrogen (secondary N) is 1. The van der Waals surface area contributed by atoms with Crippen molar-refractivity contribution in [2.24, 2.45) is 0 Å². The minimum atomic E-state index is -0.0153. The molecule has 2 heterocycles. The number of methoxy groups -OCH3 is 2. The van der Waals surface area contributed by atoms with E-state index >= 15 is 0 Å². The molecule has 0 aliphatic heterocycles. The maximum atomic E-state index is 12.1. The number of fused-ring (bicyclic) bond motifs is 1. The summed E-state index contributed by atoms with van der Waals surface area (Å²) in [5.74, 6) is 1.26. The predicted octanol–water partition coefficient (Wildman–Crippen LogP) is 2.35. The number of nitrogens with zero attached hydrogens (tertiary/aromatic N) is 3. The lowest BCUT2D eigenvalue weighted by molar-refractivity contribution is -0.120. The van der Waals surface area contributed by atoms with Crippen LogP contribution in [-0.2, 0) is 17.6 Å². The first kappa shape index (κ1) is 18.7. The fourth-order valence-electron chi connectivity index (χ4n) is 2.92. The first-order valence-corrected chi connectivity index (χ1v) is 8.87. The third kappa shape index (κ3) is 4.75. The van der Waals surface area contributed by atoms with Gasteiger partial charge in [0.15, 0.2) is 17.1 Å². The molecule has 0 unspecified atom stereocenters. The fraction of sp³-hybridized carbons (Fsp3) is 0.350. The normalized spacial score (nSPS) is 10.8. The Balaban J connectivity index is 1.46. The van der Waals surface area contributed by atoms with Crippen molar-refractivity contribution in [1.82, 2.24) is 19.9 Å². The summed E-state index contributed by atoms with van der Waals surface area (Å²) in [6, 6.07) is 7.44. The molecule has 1 aromatic carbocycles. The van der Waals surface area contributed by atoms with Crippen LogP contribution in [0.2, 0.25) is 0 Å². The quantitative estimate of drug-likeness (QED) is 0.618. The van der Waals surface area contributed by atoms with Crippen molar-refractivity contribution in [2.45, 2.75) is 26.2 Å². The highest BCUT2D eigenvalue weighted by Crippen LogP contribution is 2.27. The number of hydrogen-bond donors (Lipinski definition) is 1. The first-order valence-electron chi connectivity index (χ1n) is 8.87. The number of carbonyl (C=O) groups is 1. The van der Waals surface area contributed by atoms with Gasteiger partial charge in [-0.1, -0.05) is 6.07 Å². The fourth-order valence-corrected chi connectivity index (χ4v) is 2.92. The topological polar surface area (TPSA) is 77.8 Å². The Bertz CT molecular complexity index is 936. The molecule has 0 aliphatic carbocycles. The zero-order valence-electron chi connectivity index (χ0n) is 15.9. The van der Waals surface area contributed by atoms with Gasteiger partial charge in [0.2, 0.25) is 5.91 Å². The van der Waals surface area contributed by atoms with Gasteiger partial charge >= 0.3 is 0 Å². The molecule has 0 radical (unpaired) electrons. The second-order valence-electron chi connectivity index (χ2n) is 6.37. The third-order valence-electron chi connectivity index (χ3n) is 4.27. The van der Waals surface area contributed by atoms with Gasteiger partial charge in [-0.15, -0.1) is 0 Å². The monoisotopic (exact) mass is 368 g/mol. The van der Waals surface area contributed by atoms with Crippen molar-refractivity contribution in [3.05, 3.63) is 53.5 Å². The molecule has 0 atom stereocenters. The zero-order chi connectivity index (χ0) is 19.2. The minimum Gasteiger partial charge on any atom is -0.493 e. The second kappa shape index (κ2) is 8.53. The van der Waals surface area contributed by atoms with Gasteiger partial charge in [0.05, 0.1) is 26.3 Å². The molecule has 1 amide bonds. The molecular formula is C20H24N4O3. The van der Waals surface area contributed by atoms with Crippen LogP contribution in [0.25, 0.3) is 5.65 Å². The summed E-state index contributed by atoms with van der Waals surface area (Å²) < 4.78 is 12.3. The summed E-state index contributed by atoms with van der Waals surface area (Å²) in [6.07, 6.45) is 5.83. The molecule has 3 rings (SSSR count). The highest BCUT2D eigenvalue weighted by atomic mass is 16.5. The lowest BCUT2D eigenvalue weighted by Crippen LogP contribution is -2.26. The van der Waals surface area contributed by atoms with Crippen LogP contribution >= 0.6 is 0 Å². The van der Waals surface area contributed by atoms with Crippen LogP contribution in [0.3, 0.4) is 0 Å². The predicted molar refractivity (Wildman–Crippen MR) is 102 cm³/mol. The van der Waals surface area contributed by atoms with E-state index in [2.05, 4.69) is 15.4 Å².